The van der Waals surface area contributed by atoms with E-state index in [2.05, 4.69) is 9.97 Å². The lowest BCUT2D eigenvalue weighted by molar-refractivity contribution is 0.0687. The summed E-state index contributed by atoms with van der Waals surface area (Å²) in [6, 6.07) is 5.54. The number of carbonyl (C=O) groups excluding carboxylic acids is 1. The highest BCUT2D eigenvalue weighted by molar-refractivity contribution is 6.12. The number of aromatic amines is 1. The van der Waals surface area contributed by atoms with Gasteiger partial charge in [0, 0.05) is 5.56 Å². The predicted octanol–water partition coefficient (Wildman–Crippen LogP) is 1.83. The summed E-state index contributed by atoms with van der Waals surface area (Å²) in [6.07, 6.45) is 4.36. The number of rotatable bonds is 3. The van der Waals surface area contributed by atoms with E-state index in [9.17, 15) is 9.59 Å². The lowest BCUT2D eigenvalue weighted by Gasteiger charge is -2.03. The zero-order valence-corrected chi connectivity index (χ0v) is 10.1. The van der Waals surface area contributed by atoms with Gasteiger partial charge in [-0.1, -0.05) is 12.1 Å². The van der Waals surface area contributed by atoms with E-state index in [1.54, 1.807) is 6.07 Å². The maximum absolute atomic E-state index is 12.3. The lowest BCUT2D eigenvalue weighted by Crippen LogP contribution is -2.10. The summed E-state index contributed by atoms with van der Waals surface area (Å²) >= 11 is 0. The molecule has 1 aliphatic rings. The number of carbonyl (C=O) groups is 2. The van der Waals surface area contributed by atoms with E-state index in [1.807, 2.05) is 12.1 Å². The van der Waals surface area contributed by atoms with Gasteiger partial charge in [0.15, 0.2) is 5.69 Å². The predicted molar refractivity (Wildman–Crippen MR) is 67.4 cm³/mol. The summed E-state index contributed by atoms with van der Waals surface area (Å²) in [5, 5.41) is 8.98. The molecular formula is C14H12N2O3. The second-order valence-electron chi connectivity index (χ2n) is 4.60. The quantitative estimate of drug-likeness (QED) is 0.820. The molecule has 5 heteroatoms. The molecule has 3 rings (SSSR count). The minimum absolute atomic E-state index is 0.0366. The van der Waals surface area contributed by atoms with Crippen LogP contribution < -0.4 is 0 Å². The molecule has 1 aromatic heterocycles. The van der Waals surface area contributed by atoms with Gasteiger partial charge in [-0.05, 0) is 36.5 Å². The largest absolute Gasteiger partial charge is 0.477 e. The third-order valence-electron chi connectivity index (χ3n) is 3.43. The number of imidazole rings is 1. The van der Waals surface area contributed by atoms with Crippen LogP contribution in [0, 0.1) is 0 Å². The number of nitrogens with one attached hydrogen (secondary N) is 1. The molecule has 1 aromatic carbocycles. The van der Waals surface area contributed by atoms with Crippen molar-refractivity contribution in [3.63, 3.8) is 0 Å². The standard InChI is InChI=1S/C14H12N2O3/c17-13(11-12(14(18)19)16-7-15-11)10-5-4-8-2-1-3-9(8)6-10/h4-7H,1-3H2,(H,15,16)(H,18,19). The molecule has 0 atom stereocenters. The van der Waals surface area contributed by atoms with E-state index in [-0.39, 0.29) is 17.2 Å². The Balaban J connectivity index is 2.00. The molecule has 96 valence electrons. The van der Waals surface area contributed by atoms with Crippen LogP contribution in [-0.2, 0) is 12.8 Å². The average Bonchev–Trinajstić information content (AvgIpc) is 3.05. The zero-order chi connectivity index (χ0) is 13.4. The molecule has 0 spiro atoms. The molecule has 0 amide bonds. The number of carboxylic acid groups (broad SMARTS) is 1. The van der Waals surface area contributed by atoms with Gasteiger partial charge in [0.05, 0.1) is 6.33 Å². The normalized spacial score (nSPS) is 13.3. The van der Waals surface area contributed by atoms with E-state index in [0.29, 0.717) is 5.56 Å². The van der Waals surface area contributed by atoms with Gasteiger partial charge < -0.3 is 10.1 Å². The molecule has 1 aliphatic carbocycles. The Morgan fingerprint density at radius 1 is 1.21 bits per heavy atom. The first kappa shape index (κ1) is 11.6. The molecule has 2 N–H and O–H groups in total. The van der Waals surface area contributed by atoms with Crippen LogP contribution in [0.15, 0.2) is 24.5 Å². The van der Waals surface area contributed by atoms with Gasteiger partial charge in [0.1, 0.15) is 5.69 Å². The Morgan fingerprint density at radius 3 is 2.79 bits per heavy atom. The van der Waals surface area contributed by atoms with Crippen molar-refractivity contribution < 1.29 is 14.7 Å². The average molecular weight is 256 g/mol. The summed E-state index contributed by atoms with van der Waals surface area (Å²) < 4.78 is 0. The number of aryl methyl sites for hydroxylation is 2. The number of hydrogen-bond donors (Lipinski definition) is 2. The first-order valence-electron chi connectivity index (χ1n) is 6.10. The van der Waals surface area contributed by atoms with Crippen molar-refractivity contribution in [2.24, 2.45) is 0 Å². The number of nitrogens with zero attached hydrogens (tertiary/aromatic N) is 1. The fourth-order valence-corrected chi connectivity index (χ4v) is 2.48. The van der Waals surface area contributed by atoms with Gasteiger partial charge in [-0.15, -0.1) is 0 Å². The van der Waals surface area contributed by atoms with Crippen LogP contribution in [0.2, 0.25) is 0 Å². The molecule has 1 heterocycles. The summed E-state index contributed by atoms with van der Waals surface area (Å²) in [6.45, 7) is 0. The van der Waals surface area contributed by atoms with Gasteiger partial charge in [-0.2, -0.15) is 0 Å². The minimum Gasteiger partial charge on any atom is -0.477 e. The van der Waals surface area contributed by atoms with Crippen molar-refractivity contribution in [1.29, 1.82) is 0 Å². The second-order valence-corrected chi connectivity index (χ2v) is 4.60. The van der Waals surface area contributed by atoms with Gasteiger partial charge in [0.25, 0.3) is 0 Å². The Hall–Kier alpha value is -2.43. The van der Waals surface area contributed by atoms with E-state index >= 15 is 0 Å². The summed E-state index contributed by atoms with van der Waals surface area (Å²) in [5.41, 5.74) is 2.75. The first-order chi connectivity index (χ1) is 9.16. The number of H-pyrrole nitrogens is 1. The smallest absolute Gasteiger partial charge is 0.354 e. The Morgan fingerprint density at radius 2 is 2.00 bits per heavy atom. The lowest BCUT2D eigenvalue weighted by atomic mass is 10.0. The molecule has 0 bridgehead atoms. The highest BCUT2D eigenvalue weighted by Gasteiger charge is 2.22. The topological polar surface area (TPSA) is 83.0 Å². The molecule has 19 heavy (non-hydrogen) atoms. The highest BCUT2D eigenvalue weighted by atomic mass is 16.4. The number of hydrogen-bond acceptors (Lipinski definition) is 3. The van der Waals surface area contributed by atoms with Crippen LogP contribution in [0.1, 0.15) is 44.1 Å². The van der Waals surface area contributed by atoms with Crippen LogP contribution in [0.4, 0.5) is 0 Å². The number of ketones is 1. The number of aromatic nitrogens is 2. The molecule has 0 aliphatic heterocycles. The molecule has 0 saturated heterocycles. The zero-order valence-electron chi connectivity index (χ0n) is 10.1. The third-order valence-corrected chi connectivity index (χ3v) is 3.43. The molecule has 2 aromatic rings. The molecule has 0 unspecified atom stereocenters. The molecule has 5 nitrogen and oxygen atoms in total. The van der Waals surface area contributed by atoms with E-state index in [1.165, 1.54) is 17.5 Å². The monoisotopic (exact) mass is 256 g/mol. The maximum atomic E-state index is 12.3. The van der Waals surface area contributed by atoms with Crippen molar-refractivity contribution in [1.82, 2.24) is 9.97 Å². The van der Waals surface area contributed by atoms with Crippen molar-refractivity contribution in [3.8, 4) is 0 Å². The number of carboxylic acids is 1. The summed E-state index contributed by atoms with van der Waals surface area (Å²) in [4.78, 5) is 29.6. The number of aromatic carboxylic acids is 1. The number of benzene rings is 1. The number of fused-ring (bicyclic) bond motifs is 1. The molecule has 0 saturated carbocycles. The van der Waals surface area contributed by atoms with Crippen molar-refractivity contribution in [3.05, 3.63) is 52.6 Å². The first-order valence-corrected chi connectivity index (χ1v) is 6.10. The fraction of sp³-hybridized carbons (Fsp3) is 0.214. The molecular weight excluding hydrogens is 244 g/mol. The third kappa shape index (κ3) is 1.93. The van der Waals surface area contributed by atoms with E-state index in [4.69, 9.17) is 5.11 Å². The minimum atomic E-state index is -1.18. The van der Waals surface area contributed by atoms with Gasteiger partial charge in [-0.25, -0.2) is 9.78 Å². The SMILES string of the molecule is O=C(c1ccc2c(c1)CCC2)c1nc[nH]c1C(=O)O. The molecule has 0 fully saturated rings. The van der Waals surface area contributed by atoms with Crippen LogP contribution in [0.3, 0.4) is 0 Å². The van der Waals surface area contributed by atoms with Crippen molar-refractivity contribution in [2.75, 3.05) is 0 Å². The summed E-state index contributed by atoms with van der Waals surface area (Å²) in [7, 11) is 0. The van der Waals surface area contributed by atoms with E-state index in [0.717, 1.165) is 19.3 Å². The van der Waals surface area contributed by atoms with Crippen LogP contribution >= 0.6 is 0 Å². The van der Waals surface area contributed by atoms with Gasteiger partial charge >= 0.3 is 5.97 Å². The Labute approximate surface area is 109 Å². The van der Waals surface area contributed by atoms with Crippen LogP contribution in [0.25, 0.3) is 0 Å². The fourth-order valence-electron chi connectivity index (χ4n) is 2.48. The van der Waals surface area contributed by atoms with E-state index < -0.39 is 5.97 Å². The maximum Gasteiger partial charge on any atom is 0.354 e. The molecule has 0 radical (unpaired) electrons. The Kier molecular flexibility index (Phi) is 2.67. The van der Waals surface area contributed by atoms with Gasteiger partial charge in [-0.3, -0.25) is 4.79 Å². The Bertz CT molecular complexity index is 673. The van der Waals surface area contributed by atoms with Crippen molar-refractivity contribution in [2.45, 2.75) is 19.3 Å². The van der Waals surface area contributed by atoms with Gasteiger partial charge in [0.2, 0.25) is 5.78 Å². The van der Waals surface area contributed by atoms with Crippen LogP contribution in [-0.4, -0.2) is 26.8 Å². The second kappa shape index (κ2) is 4.35. The summed E-state index contributed by atoms with van der Waals surface area (Å²) in [5.74, 6) is -1.53. The van der Waals surface area contributed by atoms with Crippen LogP contribution in [0.5, 0.6) is 0 Å². The van der Waals surface area contributed by atoms with Crippen molar-refractivity contribution >= 4 is 11.8 Å². The highest BCUT2D eigenvalue weighted by Crippen LogP contribution is 2.24.